The number of aromatic nitrogens is 4. The fraction of sp³-hybridized carbons (Fsp3) is 0.143. The molecule has 0 saturated heterocycles. The molecule has 7 nitrogen and oxygen atoms in total. The smallest absolute Gasteiger partial charge is 0.253 e. The average molecular weight is 405 g/mol. The minimum atomic E-state index is -1.20. The number of fused-ring (bicyclic) bond motifs is 1. The normalized spacial score (nSPS) is 12.1. The molecule has 146 valence electrons. The van der Waals surface area contributed by atoms with Crippen molar-refractivity contribution in [3.8, 4) is 17.2 Å². The van der Waals surface area contributed by atoms with Crippen molar-refractivity contribution in [1.29, 1.82) is 0 Å². The summed E-state index contributed by atoms with van der Waals surface area (Å²) >= 11 is 0. The summed E-state index contributed by atoms with van der Waals surface area (Å²) in [6.45, 7) is 0. The van der Waals surface area contributed by atoms with Crippen LogP contribution in [0.15, 0.2) is 66.1 Å². The molecule has 8 heteroatoms. The van der Waals surface area contributed by atoms with E-state index in [1.807, 2.05) is 24.3 Å². The van der Waals surface area contributed by atoms with Crippen LogP contribution in [0.4, 0.5) is 0 Å². The van der Waals surface area contributed by atoms with E-state index in [0.29, 0.717) is 16.4 Å². The second-order valence-corrected chi connectivity index (χ2v) is 8.08. The number of amides is 1. The zero-order chi connectivity index (χ0) is 20.5. The van der Waals surface area contributed by atoms with E-state index in [4.69, 9.17) is 0 Å². The molecule has 0 radical (unpaired) electrons. The van der Waals surface area contributed by atoms with Crippen LogP contribution in [0.1, 0.15) is 10.4 Å². The number of hydrogen-bond donors (Lipinski definition) is 0. The van der Waals surface area contributed by atoms with Crippen LogP contribution in [0, 0.1) is 0 Å². The minimum Gasteiger partial charge on any atom is -0.345 e. The van der Waals surface area contributed by atoms with Crippen LogP contribution in [-0.4, -0.2) is 54.9 Å². The third kappa shape index (κ3) is 3.54. The van der Waals surface area contributed by atoms with Gasteiger partial charge in [0.2, 0.25) is 5.95 Å². The van der Waals surface area contributed by atoms with Crippen molar-refractivity contribution in [2.75, 3.05) is 20.4 Å². The molecule has 1 atom stereocenters. The standard InChI is InChI=1S/C21H19N5O2S/c1-25(2)20(27)14-7-8-16-18(10-14)26(13-19(16)29(3)28)21-23-11-15(12-24-21)17-6-4-5-9-22-17/h4-13H,1-3H3. The van der Waals surface area contributed by atoms with E-state index in [9.17, 15) is 9.00 Å². The van der Waals surface area contributed by atoms with Gasteiger partial charge in [-0.15, -0.1) is 0 Å². The van der Waals surface area contributed by atoms with E-state index in [1.165, 1.54) is 4.90 Å². The van der Waals surface area contributed by atoms with Crippen molar-refractivity contribution in [1.82, 2.24) is 24.4 Å². The Bertz CT molecular complexity index is 1220. The molecule has 0 N–H and O–H groups in total. The number of hydrogen-bond acceptors (Lipinski definition) is 5. The predicted molar refractivity (Wildman–Crippen MR) is 112 cm³/mol. The van der Waals surface area contributed by atoms with Crippen molar-refractivity contribution in [2.24, 2.45) is 0 Å². The molecule has 0 fully saturated rings. The largest absolute Gasteiger partial charge is 0.345 e. The van der Waals surface area contributed by atoms with Gasteiger partial charge in [0.05, 0.1) is 26.9 Å². The molecule has 1 amide bonds. The van der Waals surface area contributed by atoms with Gasteiger partial charge >= 0.3 is 0 Å². The third-order valence-electron chi connectivity index (χ3n) is 4.55. The summed E-state index contributed by atoms with van der Waals surface area (Å²) in [7, 11) is 2.21. The summed E-state index contributed by atoms with van der Waals surface area (Å²) in [6.07, 6.45) is 8.51. The minimum absolute atomic E-state index is 0.106. The third-order valence-corrected chi connectivity index (χ3v) is 5.49. The molecule has 1 aromatic carbocycles. The summed E-state index contributed by atoms with van der Waals surface area (Å²) in [5.74, 6) is 0.325. The second kappa shape index (κ2) is 7.56. The van der Waals surface area contributed by atoms with Crippen LogP contribution >= 0.6 is 0 Å². The highest BCUT2D eigenvalue weighted by Gasteiger charge is 2.17. The first-order valence-electron chi connectivity index (χ1n) is 8.89. The summed E-state index contributed by atoms with van der Waals surface area (Å²) in [5, 5.41) is 0.804. The van der Waals surface area contributed by atoms with Crippen LogP contribution in [0.2, 0.25) is 0 Å². The lowest BCUT2D eigenvalue weighted by atomic mass is 10.1. The molecular weight excluding hydrogens is 386 g/mol. The number of benzene rings is 1. The molecule has 4 rings (SSSR count). The summed E-state index contributed by atoms with van der Waals surface area (Å²) < 4.78 is 14.0. The first kappa shape index (κ1) is 18.9. The molecule has 0 spiro atoms. The maximum atomic E-state index is 12.4. The van der Waals surface area contributed by atoms with Gasteiger partial charge in [0.1, 0.15) is 0 Å². The van der Waals surface area contributed by atoms with Crippen LogP contribution in [-0.2, 0) is 10.8 Å². The molecule has 0 bridgehead atoms. The van der Waals surface area contributed by atoms with Crippen LogP contribution in [0.3, 0.4) is 0 Å². The molecule has 1 unspecified atom stereocenters. The van der Waals surface area contributed by atoms with Crippen LogP contribution < -0.4 is 0 Å². The zero-order valence-electron chi connectivity index (χ0n) is 16.2. The quantitative estimate of drug-likeness (QED) is 0.521. The Kier molecular flexibility index (Phi) is 4.94. The fourth-order valence-electron chi connectivity index (χ4n) is 3.09. The molecule has 3 heterocycles. The number of carbonyl (C=O) groups is 1. The predicted octanol–water partition coefficient (Wildman–Crippen LogP) is 2.92. The van der Waals surface area contributed by atoms with Gasteiger partial charge in [0, 0.05) is 61.7 Å². The maximum absolute atomic E-state index is 12.4. The van der Waals surface area contributed by atoms with Gasteiger partial charge in [-0.3, -0.25) is 18.6 Å². The van der Waals surface area contributed by atoms with E-state index in [0.717, 1.165) is 22.2 Å². The Labute approximate surface area is 170 Å². The first-order chi connectivity index (χ1) is 14.0. The van der Waals surface area contributed by atoms with Crippen molar-refractivity contribution >= 4 is 27.6 Å². The summed E-state index contributed by atoms with van der Waals surface area (Å²) in [6, 6.07) is 11.0. The molecule has 0 saturated carbocycles. The second-order valence-electron chi connectivity index (χ2n) is 6.74. The van der Waals surface area contributed by atoms with Gasteiger partial charge in [-0.2, -0.15) is 0 Å². The summed E-state index contributed by atoms with van der Waals surface area (Å²) in [4.78, 5) is 27.8. The van der Waals surface area contributed by atoms with E-state index < -0.39 is 10.8 Å². The van der Waals surface area contributed by atoms with Crippen LogP contribution in [0.25, 0.3) is 28.1 Å². The Balaban J connectivity index is 1.85. The zero-order valence-corrected chi connectivity index (χ0v) is 17.1. The van der Waals surface area contributed by atoms with Crippen molar-refractivity contribution in [3.05, 3.63) is 66.7 Å². The topological polar surface area (TPSA) is 81.0 Å². The number of pyridine rings is 1. The Hall–Kier alpha value is -3.39. The molecule has 29 heavy (non-hydrogen) atoms. The average Bonchev–Trinajstić information content (AvgIpc) is 3.13. The lowest BCUT2D eigenvalue weighted by Crippen LogP contribution is -2.21. The number of carbonyl (C=O) groups excluding carboxylic acids is 1. The van der Waals surface area contributed by atoms with Gasteiger partial charge in [-0.25, -0.2) is 9.97 Å². The SMILES string of the molecule is CN(C)C(=O)c1ccc2c(S(C)=O)cn(-c3ncc(-c4ccccn4)cn3)c2c1. The first-order valence-corrected chi connectivity index (χ1v) is 10.5. The van der Waals surface area contributed by atoms with Gasteiger partial charge in [0.15, 0.2) is 0 Å². The van der Waals surface area contributed by atoms with Gasteiger partial charge in [-0.05, 0) is 24.3 Å². The Morgan fingerprint density at radius 1 is 1.07 bits per heavy atom. The fourth-order valence-corrected chi connectivity index (χ4v) is 3.83. The molecule has 0 aliphatic rings. The highest BCUT2D eigenvalue weighted by atomic mass is 32.2. The monoisotopic (exact) mass is 405 g/mol. The lowest BCUT2D eigenvalue weighted by Gasteiger charge is -2.11. The van der Waals surface area contributed by atoms with E-state index in [1.54, 1.807) is 61.8 Å². The molecular formula is C21H19N5O2S. The van der Waals surface area contributed by atoms with Gasteiger partial charge < -0.3 is 4.90 Å². The Morgan fingerprint density at radius 3 is 2.45 bits per heavy atom. The van der Waals surface area contributed by atoms with E-state index >= 15 is 0 Å². The Morgan fingerprint density at radius 2 is 1.83 bits per heavy atom. The molecule has 4 aromatic rings. The number of nitrogens with zero attached hydrogens (tertiary/aromatic N) is 5. The highest BCUT2D eigenvalue weighted by Crippen LogP contribution is 2.27. The lowest BCUT2D eigenvalue weighted by molar-refractivity contribution is 0.0827. The van der Waals surface area contributed by atoms with Crippen molar-refractivity contribution in [2.45, 2.75) is 4.90 Å². The maximum Gasteiger partial charge on any atom is 0.253 e. The van der Waals surface area contributed by atoms with Gasteiger partial charge in [-0.1, -0.05) is 12.1 Å². The van der Waals surface area contributed by atoms with Crippen molar-refractivity contribution < 1.29 is 9.00 Å². The number of rotatable bonds is 4. The van der Waals surface area contributed by atoms with Crippen LogP contribution in [0.5, 0.6) is 0 Å². The summed E-state index contributed by atoms with van der Waals surface area (Å²) in [5.41, 5.74) is 2.85. The molecule has 0 aliphatic heterocycles. The molecule has 3 aromatic heterocycles. The molecule has 0 aliphatic carbocycles. The van der Waals surface area contributed by atoms with E-state index in [-0.39, 0.29) is 5.91 Å². The highest BCUT2D eigenvalue weighted by molar-refractivity contribution is 7.84. The van der Waals surface area contributed by atoms with Crippen molar-refractivity contribution in [3.63, 3.8) is 0 Å². The van der Waals surface area contributed by atoms with E-state index in [2.05, 4.69) is 15.0 Å². The van der Waals surface area contributed by atoms with Gasteiger partial charge in [0.25, 0.3) is 5.91 Å².